The van der Waals surface area contributed by atoms with Crippen molar-refractivity contribution in [1.29, 1.82) is 0 Å². The Morgan fingerprint density at radius 2 is 1.68 bits per heavy atom. The third-order valence-electron chi connectivity index (χ3n) is 7.16. The van der Waals surface area contributed by atoms with Gasteiger partial charge in [-0.15, -0.1) is 0 Å². The van der Waals surface area contributed by atoms with Gasteiger partial charge in [-0.2, -0.15) is 0 Å². The second-order valence-corrected chi connectivity index (χ2v) is 10.1. The number of aryl methyl sites for hydroxylation is 2. The van der Waals surface area contributed by atoms with Crippen LogP contribution in [0.25, 0.3) is 22.6 Å². The normalized spacial score (nSPS) is 13.8. The molecular weight excluding hydrogens is 510 g/mol. The average Bonchev–Trinajstić information content (AvgIpc) is 3.67. The van der Waals surface area contributed by atoms with E-state index in [0.29, 0.717) is 12.3 Å². The van der Waals surface area contributed by atoms with E-state index in [-0.39, 0.29) is 6.03 Å². The minimum atomic E-state index is -0.249. The van der Waals surface area contributed by atoms with Crippen LogP contribution in [0.3, 0.4) is 0 Å². The Morgan fingerprint density at radius 3 is 2.41 bits per heavy atom. The molecule has 5 aromatic rings. The minimum absolute atomic E-state index is 0.249. The maximum atomic E-state index is 13.8. The molecule has 41 heavy (non-hydrogen) atoms. The summed E-state index contributed by atoms with van der Waals surface area (Å²) in [6, 6.07) is 29.2. The summed E-state index contributed by atoms with van der Waals surface area (Å²) in [4.78, 5) is 17.2. The summed E-state index contributed by atoms with van der Waals surface area (Å²) in [6.07, 6.45) is 6.12. The topological polar surface area (TPSA) is 68.3 Å². The van der Waals surface area contributed by atoms with E-state index in [0.717, 1.165) is 61.8 Å². The van der Waals surface area contributed by atoms with E-state index < -0.39 is 0 Å². The van der Waals surface area contributed by atoms with E-state index in [1.54, 1.807) is 11.7 Å². The predicted octanol–water partition coefficient (Wildman–Crippen LogP) is 8.26. The lowest BCUT2D eigenvalue weighted by Crippen LogP contribution is -2.21. The number of aromatic nitrogens is 2. The molecule has 1 amide bonds. The molecule has 0 fully saturated rings. The second kappa shape index (κ2) is 11.1. The quantitative estimate of drug-likeness (QED) is 0.218. The summed E-state index contributed by atoms with van der Waals surface area (Å²) in [7, 11) is 1.67. The number of aromatic amines is 1. The molecule has 0 aliphatic heterocycles. The van der Waals surface area contributed by atoms with Crippen molar-refractivity contribution in [2.75, 3.05) is 12.4 Å². The van der Waals surface area contributed by atoms with Crippen LogP contribution in [0.4, 0.5) is 10.5 Å². The summed E-state index contributed by atoms with van der Waals surface area (Å²) in [5, 5.41) is 4.03. The van der Waals surface area contributed by atoms with E-state index in [1.807, 2.05) is 97.9 Å². The number of H-pyrrole nitrogens is 1. The van der Waals surface area contributed by atoms with Crippen molar-refractivity contribution in [3.8, 4) is 5.75 Å². The Hall–Kier alpha value is -5.23. The third-order valence-corrected chi connectivity index (χ3v) is 7.16. The number of benzene rings is 3. The van der Waals surface area contributed by atoms with Crippen LogP contribution < -0.4 is 10.1 Å². The summed E-state index contributed by atoms with van der Waals surface area (Å²) >= 11 is 0. The van der Waals surface area contributed by atoms with Crippen LogP contribution >= 0.6 is 0 Å². The van der Waals surface area contributed by atoms with Crippen LogP contribution in [0.1, 0.15) is 28.2 Å². The van der Waals surface area contributed by atoms with Gasteiger partial charge in [0, 0.05) is 33.6 Å². The number of nitrogens with one attached hydrogen (secondary N) is 2. The number of allylic oxidation sites excluding steroid dienone is 3. The van der Waals surface area contributed by atoms with Crippen LogP contribution in [-0.4, -0.2) is 22.7 Å². The molecule has 0 saturated heterocycles. The molecule has 0 saturated carbocycles. The number of carbonyl (C=O) groups excluding carboxylic acids is 1. The number of nitrogens with zero attached hydrogens (tertiary/aromatic N) is 1. The van der Waals surface area contributed by atoms with E-state index in [2.05, 4.69) is 35.4 Å². The van der Waals surface area contributed by atoms with E-state index >= 15 is 0 Å². The van der Waals surface area contributed by atoms with Gasteiger partial charge in [-0.3, -0.25) is 4.57 Å². The number of hydrogen-bond acceptors (Lipinski definition) is 3. The molecule has 6 rings (SSSR count). The minimum Gasteiger partial charge on any atom is -0.496 e. The van der Waals surface area contributed by atoms with Gasteiger partial charge in [-0.05, 0) is 85.7 Å². The van der Waals surface area contributed by atoms with Gasteiger partial charge >= 0.3 is 6.03 Å². The molecular formula is C35H31N3O3. The van der Waals surface area contributed by atoms with Crippen LogP contribution in [0.2, 0.25) is 0 Å². The maximum Gasteiger partial charge on any atom is 0.330 e. The Labute approximate surface area is 239 Å². The van der Waals surface area contributed by atoms with Gasteiger partial charge in [0.15, 0.2) is 0 Å². The van der Waals surface area contributed by atoms with E-state index in [1.165, 1.54) is 0 Å². The number of methoxy groups -OCH3 is 1. The van der Waals surface area contributed by atoms with Crippen molar-refractivity contribution in [2.24, 2.45) is 0 Å². The largest absolute Gasteiger partial charge is 0.496 e. The molecule has 0 atom stereocenters. The van der Waals surface area contributed by atoms with Crippen molar-refractivity contribution in [3.63, 3.8) is 0 Å². The number of fused-ring (bicyclic) bond motifs is 1. The van der Waals surface area contributed by atoms with Gasteiger partial charge < -0.3 is 19.8 Å². The maximum absolute atomic E-state index is 13.8. The Balaban J connectivity index is 1.28. The van der Waals surface area contributed by atoms with Crippen molar-refractivity contribution in [2.45, 2.75) is 20.5 Å². The number of hydrogen-bond donors (Lipinski definition) is 2. The van der Waals surface area contributed by atoms with Crippen molar-refractivity contribution < 1.29 is 14.3 Å². The van der Waals surface area contributed by atoms with Gasteiger partial charge in [-0.1, -0.05) is 48.5 Å². The first-order valence-corrected chi connectivity index (χ1v) is 13.5. The Morgan fingerprint density at radius 1 is 0.927 bits per heavy atom. The fourth-order valence-corrected chi connectivity index (χ4v) is 5.14. The first kappa shape index (κ1) is 26.0. The molecule has 1 aliphatic carbocycles. The Bertz CT molecular complexity index is 1820. The summed E-state index contributed by atoms with van der Waals surface area (Å²) < 4.78 is 13.3. The fraction of sp³-hybridized carbons (Fsp3) is 0.114. The smallest absolute Gasteiger partial charge is 0.330 e. The molecule has 0 bridgehead atoms. The highest BCUT2D eigenvalue weighted by Crippen LogP contribution is 2.35. The molecule has 2 aromatic heterocycles. The third kappa shape index (κ3) is 5.45. The molecule has 0 radical (unpaired) electrons. The number of ether oxygens (including phenoxy) is 2. The molecule has 6 nitrogen and oxygen atoms in total. The number of anilines is 1. The van der Waals surface area contributed by atoms with Gasteiger partial charge in [0.25, 0.3) is 0 Å². The molecule has 0 unspecified atom stereocenters. The molecule has 3 aromatic carbocycles. The zero-order valence-corrected chi connectivity index (χ0v) is 23.3. The van der Waals surface area contributed by atoms with Crippen LogP contribution in [0, 0.1) is 13.8 Å². The number of amides is 1. The fourth-order valence-electron chi connectivity index (χ4n) is 5.14. The molecule has 0 spiro atoms. The lowest BCUT2D eigenvalue weighted by atomic mass is 10.1. The van der Waals surface area contributed by atoms with E-state index in [4.69, 9.17) is 9.47 Å². The number of carbonyl (C=O) groups is 1. The van der Waals surface area contributed by atoms with Crippen molar-refractivity contribution >= 4 is 34.3 Å². The average molecular weight is 542 g/mol. The highest BCUT2D eigenvalue weighted by Gasteiger charge is 2.22. The molecule has 2 heterocycles. The summed E-state index contributed by atoms with van der Waals surface area (Å²) in [5.41, 5.74) is 8.52. The second-order valence-electron chi connectivity index (χ2n) is 10.1. The highest BCUT2D eigenvalue weighted by molar-refractivity contribution is 6.03. The lowest BCUT2D eigenvalue weighted by molar-refractivity contribution is 0.254. The molecule has 6 heteroatoms. The summed E-state index contributed by atoms with van der Waals surface area (Å²) in [6.45, 7) is 4.60. The van der Waals surface area contributed by atoms with Gasteiger partial charge in [0.05, 0.1) is 18.3 Å². The summed E-state index contributed by atoms with van der Waals surface area (Å²) in [5.74, 6) is 1.48. The zero-order chi connectivity index (χ0) is 28.3. The Kier molecular flexibility index (Phi) is 7.04. The van der Waals surface area contributed by atoms with Crippen molar-refractivity contribution in [1.82, 2.24) is 9.55 Å². The standard InChI is InChI=1S/C35H31N3O3/c1-23-17-24(2)36-31(23)19-28-18-27(21-34(28)40-3)33-20-26-11-7-8-12-32(26)38(33)35(39)37-29-13-15-30(16-14-29)41-22-25-9-5-4-6-10-25/h4-21,36H,22H2,1-3H3,(H,37,39)/b28-19+. The van der Waals surface area contributed by atoms with Crippen LogP contribution in [0.15, 0.2) is 114 Å². The van der Waals surface area contributed by atoms with Gasteiger partial charge in [0.2, 0.25) is 0 Å². The molecule has 1 aliphatic rings. The molecule has 2 N–H and O–H groups in total. The van der Waals surface area contributed by atoms with Crippen molar-refractivity contribution in [3.05, 3.63) is 143 Å². The van der Waals surface area contributed by atoms with Gasteiger partial charge in [-0.25, -0.2) is 4.79 Å². The van der Waals surface area contributed by atoms with E-state index in [9.17, 15) is 4.79 Å². The number of rotatable bonds is 7. The molecule has 204 valence electrons. The van der Waals surface area contributed by atoms with Gasteiger partial charge in [0.1, 0.15) is 18.1 Å². The lowest BCUT2D eigenvalue weighted by Gasteiger charge is -2.12. The number of para-hydroxylation sites is 1. The van der Waals surface area contributed by atoms with Crippen LogP contribution in [-0.2, 0) is 11.3 Å². The SMILES string of the molecule is COC1=CC(c2cc3ccccc3n2C(=O)Nc2ccc(OCc3ccccc3)cc2)=C/C1=C\c1[nH]c(C)cc1C. The first-order chi connectivity index (χ1) is 20.0. The first-order valence-electron chi connectivity index (χ1n) is 13.5. The zero-order valence-electron chi connectivity index (χ0n) is 23.3. The highest BCUT2D eigenvalue weighted by atomic mass is 16.5. The van der Waals surface area contributed by atoms with Crippen LogP contribution in [0.5, 0.6) is 5.75 Å². The monoisotopic (exact) mass is 541 g/mol. The predicted molar refractivity (Wildman–Crippen MR) is 165 cm³/mol.